The number of thioether (sulfide) groups is 1. The second kappa shape index (κ2) is 6.31. The van der Waals surface area contributed by atoms with E-state index in [0.29, 0.717) is 19.6 Å². The number of rotatable bonds is 5. The minimum Gasteiger partial charge on any atom is -0.481 e. The first-order valence-electron chi connectivity index (χ1n) is 4.95. The number of halogens is 2. The molecular weight excluding hydrogens is 357 g/mol. The van der Waals surface area contributed by atoms with Gasteiger partial charge in [-0.05, 0) is 34.1 Å². The van der Waals surface area contributed by atoms with Gasteiger partial charge in [-0.25, -0.2) is 4.39 Å². The molecule has 1 aromatic heterocycles. The summed E-state index contributed by atoms with van der Waals surface area (Å²) in [7, 11) is 0. The highest BCUT2D eigenvalue weighted by molar-refractivity contribution is 9.10. The van der Waals surface area contributed by atoms with Crippen LogP contribution < -0.4 is 5.32 Å². The molecule has 0 amide bonds. The number of hydrogen-bond acceptors (Lipinski definition) is 6. The zero-order valence-electron chi connectivity index (χ0n) is 9.26. The molecule has 0 saturated carbocycles. The van der Waals surface area contributed by atoms with E-state index < -0.39 is 5.97 Å². The van der Waals surface area contributed by atoms with Crippen molar-refractivity contribution in [3.63, 3.8) is 0 Å². The molecule has 5 nitrogen and oxygen atoms in total. The zero-order valence-corrected chi connectivity index (χ0v) is 12.5. The molecule has 19 heavy (non-hydrogen) atoms. The standard InChI is InChI=1S/C10H7BrFN3O2S2/c11-6-2-1-5(12)3-7(6)13-9-14-15-10(19-9)18-4-8(16)17/h1-3H,4H2,(H,13,14)(H,16,17). The number of benzene rings is 1. The van der Waals surface area contributed by atoms with Gasteiger partial charge in [0.05, 0.1) is 11.4 Å². The molecule has 1 heterocycles. The quantitative estimate of drug-likeness (QED) is 0.793. The van der Waals surface area contributed by atoms with Gasteiger partial charge >= 0.3 is 5.97 Å². The van der Waals surface area contributed by atoms with Crippen molar-refractivity contribution in [2.24, 2.45) is 0 Å². The monoisotopic (exact) mass is 363 g/mol. The number of aromatic nitrogens is 2. The average Bonchev–Trinajstić information content (AvgIpc) is 2.79. The Bertz CT molecular complexity index is 608. The number of carboxylic acid groups (broad SMARTS) is 1. The Kier molecular flexibility index (Phi) is 4.72. The molecule has 9 heteroatoms. The van der Waals surface area contributed by atoms with Crippen LogP contribution in [0.4, 0.5) is 15.2 Å². The lowest BCUT2D eigenvalue weighted by Gasteiger charge is -2.04. The molecule has 0 bridgehead atoms. The Morgan fingerprint density at radius 3 is 3.05 bits per heavy atom. The maximum absolute atomic E-state index is 13.1. The van der Waals surface area contributed by atoms with Crippen LogP contribution in [0, 0.1) is 5.82 Å². The van der Waals surface area contributed by atoms with Crippen molar-refractivity contribution < 1.29 is 14.3 Å². The summed E-state index contributed by atoms with van der Waals surface area (Å²) < 4.78 is 14.3. The molecule has 0 aliphatic carbocycles. The van der Waals surface area contributed by atoms with E-state index in [-0.39, 0.29) is 11.6 Å². The van der Waals surface area contributed by atoms with Gasteiger partial charge in [-0.1, -0.05) is 23.1 Å². The Morgan fingerprint density at radius 2 is 2.32 bits per heavy atom. The van der Waals surface area contributed by atoms with Gasteiger partial charge < -0.3 is 10.4 Å². The normalized spacial score (nSPS) is 10.4. The van der Waals surface area contributed by atoms with E-state index in [1.165, 1.54) is 23.5 Å². The van der Waals surface area contributed by atoms with E-state index in [2.05, 4.69) is 31.4 Å². The van der Waals surface area contributed by atoms with E-state index in [9.17, 15) is 9.18 Å². The highest BCUT2D eigenvalue weighted by Crippen LogP contribution is 2.30. The summed E-state index contributed by atoms with van der Waals surface area (Å²) in [6.45, 7) is 0. The topological polar surface area (TPSA) is 75.1 Å². The number of hydrogen-bond donors (Lipinski definition) is 2. The van der Waals surface area contributed by atoms with Gasteiger partial charge in [-0.3, -0.25) is 4.79 Å². The summed E-state index contributed by atoms with van der Waals surface area (Å²) in [6, 6.07) is 4.25. The molecule has 0 radical (unpaired) electrons. The smallest absolute Gasteiger partial charge is 0.313 e. The second-order valence-corrected chi connectivity index (χ2v) is 6.36. The first-order chi connectivity index (χ1) is 9.04. The van der Waals surface area contributed by atoms with E-state index in [1.54, 1.807) is 6.07 Å². The molecule has 2 N–H and O–H groups in total. The number of carboxylic acids is 1. The lowest BCUT2D eigenvalue weighted by molar-refractivity contribution is -0.133. The fourth-order valence-corrected chi connectivity index (χ4v) is 2.98. The van der Waals surface area contributed by atoms with Crippen LogP contribution in [-0.4, -0.2) is 27.0 Å². The molecule has 0 spiro atoms. The van der Waals surface area contributed by atoms with Crippen molar-refractivity contribution in [3.05, 3.63) is 28.5 Å². The van der Waals surface area contributed by atoms with Gasteiger partial charge in [0.1, 0.15) is 5.82 Å². The Labute approximate surface area is 124 Å². The van der Waals surface area contributed by atoms with Crippen molar-refractivity contribution >= 4 is 55.8 Å². The molecule has 0 aliphatic heterocycles. The molecule has 0 aliphatic rings. The summed E-state index contributed by atoms with van der Waals surface area (Å²) in [5, 5.41) is 19.6. The molecule has 0 saturated heterocycles. The molecule has 1 aromatic carbocycles. The summed E-state index contributed by atoms with van der Waals surface area (Å²) in [5.74, 6) is -1.35. The van der Waals surface area contributed by atoms with Crippen LogP contribution in [0.2, 0.25) is 0 Å². The third-order valence-electron chi connectivity index (χ3n) is 1.90. The van der Waals surface area contributed by atoms with Crippen LogP contribution in [0.1, 0.15) is 0 Å². The van der Waals surface area contributed by atoms with Crippen molar-refractivity contribution in [2.45, 2.75) is 4.34 Å². The fourth-order valence-electron chi connectivity index (χ4n) is 1.15. The van der Waals surface area contributed by atoms with Crippen molar-refractivity contribution in [1.82, 2.24) is 10.2 Å². The van der Waals surface area contributed by atoms with Crippen molar-refractivity contribution in [1.29, 1.82) is 0 Å². The van der Waals surface area contributed by atoms with Gasteiger partial charge in [-0.15, -0.1) is 10.2 Å². The molecule has 0 unspecified atom stereocenters. The lowest BCUT2D eigenvalue weighted by Crippen LogP contribution is -1.96. The third kappa shape index (κ3) is 4.15. The predicted molar refractivity (Wildman–Crippen MR) is 75.7 cm³/mol. The molecular formula is C10H7BrFN3O2S2. The molecule has 100 valence electrons. The fraction of sp³-hybridized carbons (Fsp3) is 0.100. The van der Waals surface area contributed by atoms with E-state index in [4.69, 9.17) is 5.11 Å². The zero-order chi connectivity index (χ0) is 13.8. The highest BCUT2D eigenvalue weighted by Gasteiger charge is 2.09. The SMILES string of the molecule is O=C(O)CSc1nnc(Nc2cc(F)ccc2Br)s1. The van der Waals surface area contributed by atoms with Gasteiger partial charge in [0.15, 0.2) is 4.34 Å². The minimum atomic E-state index is -0.914. The maximum Gasteiger partial charge on any atom is 0.313 e. The number of anilines is 2. The third-order valence-corrected chi connectivity index (χ3v) is 4.54. The van der Waals surface area contributed by atoms with Crippen LogP contribution in [0.5, 0.6) is 0 Å². The summed E-state index contributed by atoms with van der Waals surface area (Å²) in [6.07, 6.45) is 0. The molecule has 0 fully saturated rings. The largest absolute Gasteiger partial charge is 0.481 e. The number of nitrogens with zero attached hydrogens (tertiary/aromatic N) is 2. The molecule has 0 atom stereocenters. The van der Waals surface area contributed by atoms with Crippen LogP contribution in [0.15, 0.2) is 27.0 Å². The average molecular weight is 364 g/mol. The molecule has 2 aromatic rings. The molecule has 2 rings (SSSR count). The Morgan fingerprint density at radius 1 is 1.53 bits per heavy atom. The van der Waals surface area contributed by atoms with Crippen LogP contribution in [-0.2, 0) is 4.79 Å². The lowest BCUT2D eigenvalue weighted by atomic mass is 10.3. The predicted octanol–water partition coefficient (Wildman–Crippen LogP) is 3.36. The van der Waals surface area contributed by atoms with E-state index in [0.717, 1.165) is 11.8 Å². The van der Waals surface area contributed by atoms with Crippen LogP contribution in [0.3, 0.4) is 0 Å². The van der Waals surface area contributed by atoms with Crippen molar-refractivity contribution in [2.75, 3.05) is 11.1 Å². The number of carbonyl (C=O) groups is 1. The number of aliphatic carboxylic acids is 1. The van der Waals surface area contributed by atoms with Crippen LogP contribution in [0.25, 0.3) is 0 Å². The summed E-state index contributed by atoms with van der Waals surface area (Å²) >= 11 is 5.58. The van der Waals surface area contributed by atoms with E-state index >= 15 is 0 Å². The first kappa shape index (κ1) is 14.2. The summed E-state index contributed by atoms with van der Waals surface area (Å²) in [5.41, 5.74) is 0.533. The summed E-state index contributed by atoms with van der Waals surface area (Å²) in [4.78, 5) is 10.4. The van der Waals surface area contributed by atoms with E-state index in [1.807, 2.05) is 0 Å². The maximum atomic E-state index is 13.1. The highest BCUT2D eigenvalue weighted by atomic mass is 79.9. The van der Waals surface area contributed by atoms with Gasteiger partial charge in [0.25, 0.3) is 0 Å². The van der Waals surface area contributed by atoms with Crippen LogP contribution >= 0.6 is 39.0 Å². The Balaban J connectivity index is 2.07. The second-order valence-electron chi connectivity index (χ2n) is 3.30. The van der Waals surface area contributed by atoms with Gasteiger partial charge in [-0.2, -0.15) is 0 Å². The first-order valence-corrected chi connectivity index (χ1v) is 7.54. The van der Waals surface area contributed by atoms with Gasteiger partial charge in [0.2, 0.25) is 5.13 Å². The van der Waals surface area contributed by atoms with Crippen molar-refractivity contribution in [3.8, 4) is 0 Å². The number of nitrogens with one attached hydrogen (secondary N) is 1. The Hall–Kier alpha value is -1.19. The minimum absolute atomic E-state index is 0.0711. The van der Waals surface area contributed by atoms with Gasteiger partial charge in [0, 0.05) is 4.47 Å².